The van der Waals surface area contributed by atoms with Gasteiger partial charge in [-0.05, 0) is 38.8 Å². The summed E-state index contributed by atoms with van der Waals surface area (Å²) in [6.07, 6.45) is 0.552. The number of alkyl halides is 3. The van der Waals surface area contributed by atoms with E-state index in [9.17, 15) is 13.2 Å². The van der Waals surface area contributed by atoms with E-state index in [2.05, 4.69) is 27.3 Å². The van der Waals surface area contributed by atoms with Gasteiger partial charge in [0, 0.05) is 18.2 Å². The number of nitrogens with zero attached hydrogens (tertiary/aromatic N) is 1. The van der Waals surface area contributed by atoms with Crippen molar-refractivity contribution < 1.29 is 17.9 Å². The molecule has 0 amide bonds. The second-order valence-electron chi connectivity index (χ2n) is 5.36. The normalized spacial score (nSPS) is 20.3. The fourth-order valence-electron chi connectivity index (χ4n) is 2.43. The van der Waals surface area contributed by atoms with Crippen LogP contribution in [0.1, 0.15) is 26.2 Å². The third kappa shape index (κ3) is 5.79. The van der Waals surface area contributed by atoms with Gasteiger partial charge in [0.05, 0.1) is 11.9 Å². The van der Waals surface area contributed by atoms with Crippen LogP contribution in [0.3, 0.4) is 0 Å². The van der Waals surface area contributed by atoms with Crippen molar-refractivity contribution in [1.29, 1.82) is 0 Å². The van der Waals surface area contributed by atoms with E-state index in [1.54, 1.807) is 6.07 Å². The van der Waals surface area contributed by atoms with Gasteiger partial charge in [-0.2, -0.15) is 13.2 Å². The van der Waals surface area contributed by atoms with Gasteiger partial charge < -0.3 is 15.4 Å². The average molecular weight is 303 g/mol. The number of rotatable bonds is 6. The highest BCUT2D eigenvalue weighted by Gasteiger charge is 2.28. The number of aromatic nitrogens is 1. The van der Waals surface area contributed by atoms with Crippen LogP contribution in [0.25, 0.3) is 0 Å². The van der Waals surface area contributed by atoms with Crippen LogP contribution in [0, 0.1) is 0 Å². The largest absolute Gasteiger partial charge is 0.468 e. The molecule has 118 valence electrons. The van der Waals surface area contributed by atoms with E-state index in [4.69, 9.17) is 0 Å². The lowest BCUT2D eigenvalue weighted by molar-refractivity contribution is -0.154. The van der Waals surface area contributed by atoms with E-state index < -0.39 is 12.8 Å². The first-order valence-corrected chi connectivity index (χ1v) is 7.08. The lowest BCUT2D eigenvalue weighted by Crippen LogP contribution is -2.29. The van der Waals surface area contributed by atoms with Crippen LogP contribution in [0.4, 0.5) is 18.9 Å². The summed E-state index contributed by atoms with van der Waals surface area (Å²) < 4.78 is 40.6. The molecule has 1 aliphatic heterocycles. The first kappa shape index (κ1) is 15.9. The van der Waals surface area contributed by atoms with Gasteiger partial charge in [0.1, 0.15) is 0 Å². The Morgan fingerprint density at radius 1 is 1.48 bits per heavy atom. The second-order valence-corrected chi connectivity index (χ2v) is 5.36. The molecule has 0 bridgehead atoms. The Morgan fingerprint density at radius 3 is 2.86 bits per heavy atom. The Balaban J connectivity index is 1.78. The molecule has 0 aliphatic carbocycles. The van der Waals surface area contributed by atoms with Crippen molar-refractivity contribution in [2.24, 2.45) is 0 Å². The molecule has 0 spiro atoms. The maximum atomic E-state index is 12.0. The van der Waals surface area contributed by atoms with Gasteiger partial charge >= 0.3 is 6.18 Å². The van der Waals surface area contributed by atoms with Crippen molar-refractivity contribution in [2.75, 3.05) is 18.5 Å². The van der Waals surface area contributed by atoms with Crippen LogP contribution in [0.2, 0.25) is 0 Å². The predicted octanol–water partition coefficient (Wildman–Crippen LogP) is 2.97. The molecule has 0 saturated carbocycles. The Labute approximate surface area is 122 Å². The molecule has 1 aromatic heterocycles. The molecular weight excluding hydrogens is 283 g/mol. The number of anilines is 1. The van der Waals surface area contributed by atoms with Crippen LogP contribution in [-0.4, -0.2) is 36.4 Å². The number of nitrogens with one attached hydrogen (secondary N) is 2. The quantitative estimate of drug-likeness (QED) is 0.848. The lowest BCUT2D eigenvalue weighted by Gasteiger charge is -2.19. The molecule has 7 heteroatoms. The van der Waals surface area contributed by atoms with E-state index in [1.807, 2.05) is 0 Å². The summed E-state index contributed by atoms with van der Waals surface area (Å²) in [6, 6.07) is 3.92. The topological polar surface area (TPSA) is 46.2 Å². The Bertz CT molecular complexity index is 430. The summed E-state index contributed by atoms with van der Waals surface area (Å²) in [5, 5.41) is 6.72. The lowest BCUT2D eigenvalue weighted by atomic mass is 10.1. The summed E-state index contributed by atoms with van der Waals surface area (Å²) in [6.45, 7) is 1.83. The highest BCUT2D eigenvalue weighted by molar-refractivity contribution is 5.42. The third-order valence-electron chi connectivity index (χ3n) is 3.33. The summed E-state index contributed by atoms with van der Waals surface area (Å²) in [5.41, 5.74) is 0.778. The zero-order valence-corrected chi connectivity index (χ0v) is 11.9. The number of pyridine rings is 1. The van der Waals surface area contributed by atoms with E-state index in [0.29, 0.717) is 6.04 Å². The third-order valence-corrected chi connectivity index (χ3v) is 3.33. The van der Waals surface area contributed by atoms with Crippen molar-refractivity contribution in [3.63, 3.8) is 0 Å². The molecule has 1 saturated heterocycles. The van der Waals surface area contributed by atoms with Crippen molar-refractivity contribution in [3.05, 3.63) is 18.3 Å². The Kier molecular flexibility index (Phi) is 5.27. The van der Waals surface area contributed by atoms with Gasteiger partial charge in [0.15, 0.2) is 6.61 Å². The molecule has 0 radical (unpaired) electrons. The Morgan fingerprint density at radius 2 is 2.29 bits per heavy atom. The highest BCUT2D eigenvalue weighted by atomic mass is 19.4. The average Bonchev–Trinajstić information content (AvgIpc) is 2.89. The minimum absolute atomic E-state index is 0.0250. The van der Waals surface area contributed by atoms with E-state index in [0.717, 1.165) is 18.7 Å². The monoisotopic (exact) mass is 303 g/mol. The predicted molar refractivity (Wildman–Crippen MR) is 74.5 cm³/mol. The molecule has 1 fully saturated rings. The van der Waals surface area contributed by atoms with Gasteiger partial charge in [-0.3, -0.25) is 0 Å². The SMILES string of the molecule is CC(CC1CCCN1)Nc1ccc(OCC(F)(F)F)nc1. The summed E-state index contributed by atoms with van der Waals surface area (Å²) >= 11 is 0. The molecule has 2 N–H and O–H groups in total. The molecule has 1 aliphatic rings. The minimum atomic E-state index is -4.35. The Hall–Kier alpha value is -1.50. The zero-order valence-electron chi connectivity index (χ0n) is 11.9. The first-order chi connectivity index (χ1) is 9.92. The van der Waals surface area contributed by atoms with Crippen molar-refractivity contribution in [3.8, 4) is 5.88 Å². The second kappa shape index (κ2) is 6.98. The molecule has 2 atom stereocenters. The summed E-state index contributed by atoms with van der Waals surface area (Å²) in [5.74, 6) is -0.0250. The molecule has 0 aromatic carbocycles. The molecule has 4 nitrogen and oxygen atoms in total. The molecule has 2 heterocycles. The number of ether oxygens (including phenoxy) is 1. The van der Waals surface area contributed by atoms with Crippen LogP contribution >= 0.6 is 0 Å². The highest BCUT2D eigenvalue weighted by Crippen LogP contribution is 2.19. The summed E-state index contributed by atoms with van der Waals surface area (Å²) in [7, 11) is 0. The van der Waals surface area contributed by atoms with Gasteiger partial charge in [-0.1, -0.05) is 0 Å². The maximum Gasteiger partial charge on any atom is 0.422 e. The van der Waals surface area contributed by atoms with E-state index in [1.165, 1.54) is 25.1 Å². The van der Waals surface area contributed by atoms with Gasteiger partial charge in [0.25, 0.3) is 0 Å². The number of hydrogen-bond acceptors (Lipinski definition) is 4. The smallest absolute Gasteiger partial charge is 0.422 e. The van der Waals surface area contributed by atoms with Crippen molar-refractivity contribution in [1.82, 2.24) is 10.3 Å². The zero-order chi connectivity index (χ0) is 15.3. The maximum absolute atomic E-state index is 12.0. The van der Waals surface area contributed by atoms with E-state index in [-0.39, 0.29) is 11.9 Å². The first-order valence-electron chi connectivity index (χ1n) is 7.08. The van der Waals surface area contributed by atoms with Crippen LogP contribution in [-0.2, 0) is 0 Å². The van der Waals surface area contributed by atoms with Gasteiger partial charge in [-0.25, -0.2) is 4.98 Å². The molecule has 21 heavy (non-hydrogen) atoms. The summed E-state index contributed by atoms with van der Waals surface area (Å²) in [4.78, 5) is 3.87. The number of hydrogen-bond donors (Lipinski definition) is 2. The van der Waals surface area contributed by atoms with Crippen molar-refractivity contribution >= 4 is 5.69 Å². The standard InChI is InChI=1S/C14H20F3N3O/c1-10(7-11-3-2-6-18-11)20-12-4-5-13(19-8-12)21-9-14(15,16)17/h4-5,8,10-11,18,20H,2-3,6-7,9H2,1H3. The molecular formula is C14H20F3N3O. The fourth-order valence-corrected chi connectivity index (χ4v) is 2.43. The van der Waals surface area contributed by atoms with E-state index >= 15 is 0 Å². The van der Waals surface area contributed by atoms with Crippen molar-refractivity contribution in [2.45, 2.75) is 44.4 Å². The van der Waals surface area contributed by atoms with Gasteiger partial charge in [-0.15, -0.1) is 0 Å². The van der Waals surface area contributed by atoms with Crippen LogP contribution < -0.4 is 15.4 Å². The molecule has 2 rings (SSSR count). The van der Waals surface area contributed by atoms with Crippen LogP contribution in [0.15, 0.2) is 18.3 Å². The minimum Gasteiger partial charge on any atom is -0.468 e. The van der Waals surface area contributed by atoms with Crippen LogP contribution in [0.5, 0.6) is 5.88 Å². The molecule has 2 unspecified atom stereocenters. The fraction of sp³-hybridized carbons (Fsp3) is 0.643. The number of halogens is 3. The molecule has 1 aromatic rings. The van der Waals surface area contributed by atoms with Gasteiger partial charge in [0.2, 0.25) is 5.88 Å².